The Hall–Kier alpha value is -1.84. The van der Waals surface area contributed by atoms with Crippen molar-refractivity contribution in [3.63, 3.8) is 0 Å². The smallest absolute Gasteiger partial charge is 0.231 e. The molecule has 0 bridgehead atoms. The third kappa shape index (κ3) is 1.76. The molecule has 1 saturated heterocycles. The van der Waals surface area contributed by atoms with Crippen LogP contribution in [0, 0.1) is 11.8 Å². The van der Waals surface area contributed by atoms with Gasteiger partial charge >= 0.3 is 0 Å². The normalized spacial score (nSPS) is 27.0. The summed E-state index contributed by atoms with van der Waals surface area (Å²) in [5, 5.41) is 4.77. The number of fused-ring (bicyclic) bond motifs is 2. The summed E-state index contributed by atoms with van der Waals surface area (Å²) in [6.07, 6.45) is 3.65. The lowest BCUT2D eigenvalue weighted by Crippen LogP contribution is -2.30. The minimum absolute atomic E-state index is 0.291. The minimum atomic E-state index is 0.291. The molecule has 0 spiro atoms. The first-order valence-electron chi connectivity index (χ1n) is 8.47. The SMILES string of the molecule is CC(C)c1cc2cc(C3CC3)cc(N3CC4CC4C3=O)n2n1. The number of amides is 1. The fraction of sp³-hybridized carbons (Fsp3) is 0.556. The highest BCUT2D eigenvalue weighted by atomic mass is 16.2. The van der Waals surface area contributed by atoms with Crippen LogP contribution >= 0.6 is 0 Å². The van der Waals surface area contributed by atoms with Crippen LogP contribution in [0.3, 0.4) is 0 Å². The van der Waals surface area contributed by atoms with Crippen LogP contribution in [-0.2, 0) is 4.79 Å². The molecule has 2 unspecified atom stereocenters. The summed E-state index contributed by atoms with van der Waals surface area (Å²) in [5.41, 5.74) is 3.62. The van der Waals surface area contributed by atoms with Crippen LogP contribution in [-0.4, -0.2) is 22.1 Å². The molecule has 4 heteroatoms. The van der Waals surface area contributed by atoms with E-state index in [0.29, 0.717) is 29.6 Å². The maximum Gasteiger partial charge on any atom is 0.231 e. The van der Waals surface area contributed by atoms with E-state index in [-0.39, 0.29) is 0 Å². The number of nitrogens with zero attached hydrogens (tertiary/aromatic N) is 3. The van der Waals surface area contributed by atoms with E-state index in [1.54, 1.807) is 0 Å². The van der Waals surface area contributed by atoms with Crippen molar-refractivity contribution in [3.05, 3.63) is 29.5 Å². The summed E-state index contributed by atoms with van der Waals surface area (Å²) in [6.45, 7) is 5.21. The van der Waals surface area contributed by atoms with Gasteiger partial charge in [0.05, 0.1) is 11.2 Å². The number of hydrogen-bond donors (Lipinski definition) is 0. The molecule has 0 aromatic carbocycles. The summed E-state index contributed by atoms with van der Waals surface area (Å²) in [5.74, 6) is 3.27. The van der Waals surface area contributed by atoms with E-state index in [1.807, 2.05) is 9.42 Å². The lowest BCUT2D eigenvalue weighted by Gasteiger charge is -2.20. The molecule has 2 saturated carbocycles. The number of pyridine rings is 1. The topological polar surface area (TPSA) is 37.6 Å². The fourth-order valence-corrected chi connectivity index (χ4v) is 3.73. The second kappa shape index (κ2) is 4.12. The molecule has 2 aliphatic carbocycles. The Morgan fingerprint density at radius 2 is 2.05 bits per heavy atom. The Kier molecular flexibility index (Phi) is 2.37. The first-order chi connectivity index (χ1) is 10.6. The predicted molar refractivity (Wildman–Crippen MR) is 85.2 cm³/mol. The monoisotopic (exact) mass is 295 g/mol. The Bertz CT molecular complexity index is 787. The van der Waals surface area contributed by atoms with Gasteiger partial charge in [-0.3, -0.25) is 9.69 Å². The van der Waals surface area contributed by atoms with E-state index in [2.05, 4.69) is 32.0 Å². The molecular weight excluding hydrogens is 274 g/mol. The van der Waals surface area contributed by atoms with Crippen molar-refractivity contribution < 1.29 is 4.79 Å². The molecule has 0 N–H and O–H groups in total. The lowest BCUT2D eigenvalue weighted by atomic mass is 10.1. The van der Waals surface area contributed by atoms with Gasteiger partial charge in [-0.2, -0.15) is 5.10 Å². The van der Waals surface area contributed by atoms with E-state index in [4.69, 9.17) is 5.10 Å². The highest BCUT2D eigenvalue weighted by molar-refractivity contribution is 5.99. The van der Waals surface area contributed by atoms with Crippen LogP contribution in [0.25, 0.3) is 5.52 Å². The molecule has 0 radical (unpaired) electrons. The number of piperidine rings is 1. The van der Waals surface area contributed by atoms with Crippen LogP contribution in [0.15, 0.2) is 18.2 Å². The van der Waals surface area contributed by atoms with Gasteiger partial charge in [0.1, 0.15) is 5.82 Å². The molecule has 1 aliphatic heterocycles. The molecule has 114 valence electrons. The minimum Gasteiger partial charge on any atom is -0.296 e. The van der Waals surface area contributed by atoms with Gasteiger partial charge in [0.15, 0.2) is 0 Å². The number of hydrogen-bond acceptors (Lipinski definition) is 2. The van der Waals surface area contributed by atoms with Crippen LogP contribution in [0.1, 0.15) is 56.2 Å². The maximum absolute atomic E-state index is 12.5. The number of carbonyl (C=O) groups is 1. The van der Waals surface area contributed by atoms with Crippen molar-refractivity contribution >= 4 is 17.2 Å². The Morgan fingerprint density at radius 3 is 2.68 bits per heavy atom. The fourth-order valence-electron chi connectivity index (χ4n) is 3.73. The third-order valence-corrected chi connectivity index (χ3v) is 5.42. The van der Waals surface area contributed by atoms with Gasteiger partial charge in [-0.05, 0) is 60.8 Å². The average Bonchev–Trinajstić information content (AvgIpc) is 3.39. The largest absolute Gasteiger partial charge is 0.296 e. The van der Waals surface area contributed by atoms with Gasteiger partial charge in [-0.1, -0.05) is 13.8 Å². The van der Waals surface area contributed by atoms with Gasteiger partial charge < -0.3 is 0 Å². The predicted octanol–water partition coefficient (Wildman–Crippen LogP) is 3.32. The zero-order chi connectivity index (χ0) is 15.0. The van der Waals surface area contributed by atoms with Crippen LogP contribution in [0.5, 0.6) is 0 Å². The average molecular weight is 295 g/mol. The van der Waals surface area contributed by atoms with Crippen LogP contribution in [0.4, 0.5) is 5.82 Å². The molecule has 3 heterocycles. The third-order valence-electron chi connectivity index (χ3n) is 5.42. The van der Waals surface area contributed by atoms with Gasteiger partial charge in [-0.25, -0.2) is 4.52 Å². The van der Waals surface area contributed by atoms with E-state index in [1.165, 1.54) is 18.4 Å². The lowest BCUT2D eigenvalue weighted by molar-refractivity contribution is -0.118. The molecule has 1 amide bonds. The molecule has 2 aromatic rings. The van der Waals surface area contributed by atoms with Crippen molar-refractivity contribution in [2.24, 2.45) is 11.8 Å². The molecular formula is C18H21N3O. The second-order valence-corrected chi connectivity index (χ2v) is 7.53. The highest BCUT2D eigenvalue weighted by Crippen LogP contribution is 2.48. The molecule has 3 fully saturated rings. The van der Waals surface area contributed by atoms with E-state index in [0.717, 1.165) is 30.0 Å². The first-order valence-corrected chi connectivity index (χ1v) is 8.47. The standard InChI is InChI=1S/C18H21N3O/c1-10(2)16-8-14-5-12(11-3-4-11)7-17(21(14)19-16)20-9-13-6-15(13)18(20)22/h5,7-8,10-11,13,15H,3-4,6,9H2,1-2H3. The number of carbonyl (C=O) groups excluding carboxylic acids is 1. The second-order valence-electron chi connectivity index (χ2n) is 7.53. The van der Waals surface area contributed by atoms with Gasteiger partial charge in [0.25, 0.3) is 0 Å². The van der Waals surface area contributed by atoms with Crippen molar-refractivity contribution in [2.45, 2.75) is 44.9 Å². The zero-order valence-corrected chi connectivity index (χ0v) is 13.1. The van der Waals surface area contributed by atoms with Gasteiger partial charge in [-0.15, -0.1) is 0 Å². The quantitative estimate of drug-likeness (QED) is 0.871. The summed E-state index contributed by atoms with van der Waals surface area (Å²) in [6, 6.07) is 6.66. The Morgan fingerprint density at radius 1 is 1.23 bits per heavy atom. The molecule has 4 nitrogen and oxygen atoms in total. The molecule has 3 aliphatic rings. The maximum atomic E-state index is 12.5. The van der Waals surface area contributed by atoms with Crippen molar-refractivity contribution in [1.29, 1.82) is 0 Å². The molecule has 2 atom stereocenters. The van der Waals surface area contributed by atoms with Gasteiger partial charge in [0.2, 0.25) is 5.91 Å². The highest BCUT2D eigenvalue weighted by Gasteiger charge is 2.53. The van der Waals surface area contributed by atoms with E-state index >= 15 is 0 Å². The van der Waals surface area contributed by atoms with Crippen molar-refractivity contribution in [2.75, 3.05) is 11.4 Å². The molecule has 2 aromatic heterocycles. The summed E-state index contributed by atoms with van der Waals surface area (Å²) in [4.78, 5) is 14.5. The molecule has 5 rings (SSSR count). The van der Waals surface area contributed by atoms with Crippen molar-refractivity contribution in [1.82, 2.24) is 9.61 Å². The number of anilines is 1. The molecule has 22 heavy (non-hydrogen) atoms. The van der Waals surface area contributed by atoms with E-state index < -0.39 is 0 Å². The van der Waals surface area contributed by atoms with Crippen molar-refractivity contribution in [3.8, 4) is 0 Å². The number of aromatic nitrogens is 2. The van der Waals surface area contributed by atoms with Crippen LogP contribution in [0.2, 0.25) is 0 Å². The summed E-state index contributed by atoms with van der Waals surface area (Å²) >= 11 is 0. The summed E-state index contributed by atoms with van der Waals surface area (Å²) < 4.78 is 1.99. The summed E-state index contributed by atoms with van der Waals surface area (Å²) in [7, 11) is 0. The zero-order valence-electron chi connectivity index (χ0n) is 13.1. The van der Waals surface area contributed by atoms with Gasteiger partial charge in [0, 0.05) is 12.5 Å². The first kappa shape index (κ1) is 12.7. The Balaban J connectivity index is 1.68. The van der Waals surface area contributed by atoms with Crippen LogP contribution < -0.4 is 4.90 Å². The Labute approximate surface area is 130 Å². The number of rotatable bonds is 3. The van der Waals surface area contributed by atoms with E-state index in [9.17, 15) is 4.79 Å².